The Balaban J connectivity index is 2.55. The van der Waals surface area contributed by atoms with Crippen LogP contribution >= 0.6 is 0 Å². The molecule has 2 heteroatoms. The van der Waals surface area contributed by atoms with E-state index in [4.69, 9.17) is 0 Å². The third-order valence-corrected chi connectivity index (χ3v) is 2.22. The van der Waals surface area contributed by atoms with Gasteiger partial charge in [0.2, 0.25) is 5.91 Å². The van der Waals surface area contributed by atoms with Gasteiger partial charge in [0.05, 0.1) is 0 Å². The van der Waals surface area contributed by atoms with Crippen LogP contribution in [0.25, 0.3) is 0 Å². The van der Waals surface area contributed by atoms with Gasteiger partial charge in [-0.15, -0.1) is 0 Å². The highest BCUT2D eigenvalue weighted by Gasteiger charge is 2.20. The number of nitrogens with one attached hydrogen (secondary N) is 1. The van der Waals surface area contributed by atoms with Crippen LogP contribution < -0.4 is 5.32 Å². The number of aryl methyl sites for hydroxylation is 1. The summed E-state index contributed by atoms with van der Waals surface area (Å²) in [7, 11) is 0. The summed E-state index contributed by atoms with van der Waals surface area (Å²) < 4.78 is 0. The minimum absolute atomic E-state index is 0.0870. The molecule has 0 aliphatic carbocycles. The van der Waals surface area contributed by atoms with Gasteiger partial charge in [-0.05, 0) is 12.5 Å². The maximum Gasteiger partial charge on any atom is 0.225 e. The molecule has 0 radical (unpaired) electrons. The van der Waals surface area contributed by atoms with E-state index < -0.39 is 0 Å². The largest absolute Gasteiger partial charge is 0.352 e. The summed E-state index contributed by atoms with van der Waals surface area (Å²) in [6.45, 7) is 8.41. The van der Waals surface area contributed by atoms with Crippen LogP contribution in [0.5, 0.6) is 0 Å². The monoisotopic (exact) mass is 205 g/mol. The highest BCUT2D eigenvalue weighted by atomic mass is 16.2. The van der Waals surface area contributed by atoms with Gasteiger partial charge in [-0.2, -0.15) is 0 Å². The van der Waals surface area contributed by atoms with Crippen LogP contribution in [0, 0.1) is 12.3 Å². The zero-order chi connectivity index (χ0) is 11.5. The Morgan fingerprint density at radius 3 is 2.53 bits per heavy atom. The van der Waals surface area contributed by atoms with Crippen LogP contribution in [0.4, 0.5) is 0 Å². The minimum Gasteiger partial charge on any atom is -0.352 e. The van der Waals surface area contributed by atoms with Crippen LogP contribution in [0.2, 0.25) is 0 Å². The molecular weight excluding hydrogens is 186 g/mol. The van der Waals surface area contributed by atoms with Crippen LogP contribution in [-0.2, 0) is 11.3 Å². The zero-order valence-corrected chi connectivity index (χ0v) is 9.92. The number of benzene rings is 1. The highest BCUT2D eigenvalue weighted by Crippen LogP contribution is 2.13. The molecule has 82 valence electrons. The fraction of sp³-hybridized carbons (Fsp3) is 0.462. The van der Waals surface area contributed by atoms with Crippen molar-refractivity contribution >= 4 is 5.91 Å². The molecule has 0 saturated heterocycles. The number of amides is 1. The molecule has 1 rings (SSSR count). The minimum atomic E-state index is -0.316. The van der Waals surface area contributed by atoms with E-state index in [0.717, 1.165) is 5.56 Å². The molecule has 0 saturated carbocycles. The average Bonchev–Trinajstić information content (AvgIpc) is 2.12. The van der Waals surface area contributed by atoms with Crippen molar-refractivity contribution in [2.75, 3.05) is 0 Å². The number of carbonyl (C=O) groups is 1. The van der Waals surface area contributed by atoms with Gasteiger partial charge in [0.15, 0.2) is 0 Å². The summed E-state index contributed by atoms with van der Waals surface area (Å²) in [5, 5.41) is 2.93. The third kappa shape index (κ3) is 3.74. The topological polar surface area (TPSA) is 29.1 Å². The zero-order valence-electron chi connectivity index (χ0n) is 9.92. The fourth-order valence-electron chi connectivity index (χ4n) is 1.27. The lowest BCUT2D eigenvalue weighted by Crippen LogP contribution is -2.34. The Labute approximate surface area is 91.7 Å². The molecule has 0 aromatic heterocycles. The number of hydrogen-bond donors (Lipinski definition) is 1. The summed E-state index contributed by atoms with van der Waals surface area (Å²) in [5.74, 6) is 0.0870. The van der Waals surface area contributed by atoms with Gasteiger partial charge in [0.1, 0.15) is 0 Å². The molecule has 0 atom stereocenters. The second-order valence-corrected chi connectivity index (χ2v) is 4.92. The normalized spacial score (nSPS) is 11.2. The van der Waals surface area contributed by atoms with Gasteiger partial charge in [0.25, 0.3) is 0 Å². The predicted octanol–water partition coefficient (Wildman–Crippen LogP) is 2.66. The molecule has 0 unspecified atom stereocenters. The van der Waals surface area contributed by atoms with Crippen LogP contribution in [-0.4, -0.2) is 5.91 Å². The maximum atomic E-state index is 11.6. The summed E-state index contributed by atoms with van der Waals surface area (Å²) in [5.41, 5.74) is 2.05. The van der Waals surface area contributed by atoms with E-state index >= 15 is 0 Å². The van der Waals surface area contributed by atoms with Crippen molar-refractivity contribution in [1.29, 1.82) is 0 Å². The summed E-state index contributed by atoms with van der Waals surface area (Å²) >= 11 is 0. The third-order valence-electron chi connectivity index (χ3n) is 2.22. The second kappa shape index (κ2) is 4.47. The molecule has 0 heterocycles. The van der Waals surface area contributed by atoms with Crippen LogP contribution in [0.1, 0.15) is 31.9 Å². The van der Waals surface area contributed by atoms with Gasteiger partial charge in [-0.3, -0.25) is 4.79 Å². The first-order valence-corrected chi connectivity index (χ1v) is 5.23. The molecule has 1 amide bonds. The molecule has 15 heavy (non-hydrogen) atoms. The van der Waals surface area contributed by atoms with Crippen molar-refractivity contribution in [2.45, 2.75) is 34.2 Å². The Bertz CT molecular complexity index is 350. The van der Waals surface area contributed by atoms with Crippen molar-refractivity contribution in [3.05, 3.63) is 35.4 Å². The van der Waals surface area contributed by atoms with E-state index in [-0.39, 0.29) is 11.3 Å². The molecule has 0 bridgehead atoms. The maximum absolute atomic E-state index is 11.6. The molecule has 1 aromatic carbocycles. The van der Waals surface area contributed by atoms with Gasteiger partial charge in [0, 0.05) is 12.0 Å². The molecule has 2 nitrogen and oxygen atoms in total. The summed E-state index contributed by atoms with van der Waals surface area (Å²) in [6.07, 6.45) is 0. The van der Waals surface area contributed by atoms with E-state index in [9.17, 15) is 4.79 Å². The van der Waals surface area contributed by atoms with E-state index in [1.165, 1.54) is 5.56 Å². The van der Waals surface area contributed by atoms with Crippen LogP contribution in [0.15, 0.2) is 24.3 Å². The number of rotatable bonds is 2. The molecular formula is C13H19NO. The molecule has 0 spiro atoms. The average molecular weight is 205 g/mol. The first kappa shape index (κ1) is 11.8. The van der Waals surface area contributed by atoms with E-state index in [1.807, 2.05) is 32.9 Å². The summed E-state index contributed by atoms with van der Waals surface area (Å²) in [6, 6.07) is 8.17. The lowest BCUT2D eigenvalue weighted by molar-refractivity contribution is -0.128. The van der Waals surface area contributed by atoms with E-state index in [1.54, 1.807) is 0 Å². The SMILES string of the molecule is Cc1cccc(CNC(=O)C(C)(C)C)c1. The van der Waals surface area contributed by atoms with Gasteiger partial charge in [-0.1, -0.05) is 50.6 Å². The first-order valence-electron chi connectivity index (χ1n) is 5.23. The Morgan fingerprint density at radius 2 is 2.00 bits per heavy atom. The van der Waals surface area contributed by atoms with Crippen molar-refractivity contribution in [3.8, 4) is 0 Å². The highest BCUT2D eigenvalue weighted by molar-refractivity contribution is 5.81. The Hall–Kier alpha value is -1.31. The van der Waals surface area contributed by atoms with Crippen molar-refractivity contribution in [3.63, 3.8) is 0 Å². The van der Waals surface area contributed by atoms with Gasteiger partial charge < -0.3 is 5.32 Å². The second-order valence-electron chi connectivity index (χ2n) is 4.92. The lowest BCUT2D eigenvalue weighted by atomic mass is 9.95. The first-order chi connectivity index (χ1) is 6.89. The van der Waals surface area contributed by atoms with Crippen molar-refractivity contribution in [2.24, 2.45) is 5.41 Å². The molecule has 0 aliphatic rings. The van der Waals surface area contributed by atoms with Gasteiger partial charge >= 0.3 is 0 Å². The van der Waals surface area contributed by atoms with Crippen LogP contribution in [0.3, 0.4) is 0 Å². The lowest BCUT2D eigenvalue weighted by Gasteiger charge is -2.17. The van der Waals surface area contributed by atoms with E-state index in [0.29, 0.717) is 6.54 Å². The Morgan fingerprint density at radius 1 is 1.33 bits per heavy atom. The van der Waals surface area contributed by atoms with Crippen molar-refractivity contribution < 1.29 is 4.79 Å². The molecule has 0 aliphatic heterocycles. The fourth-order valence-corrected chi connectivity index (χ4v) is 1.27. The standard InChI is InChI=1S/C13H19NO/c1-10-6-5-7-11(8-10)9-14-12(15)13(2,3)4/h5-8H,9H2,1-4H3,(H,14,15). The molecule has 1 aromatic rings. The summed E-state index contributed by atoms with van der Waals surface area (Å²) in [4.78, 5) is 11.6. The van der Waals surface area contributed by atoms with E-state index in [2.05, 4.69) is 24.4 Å². The smallest absolute Gasteiger partial charge is 0.225 e. The van der Waals surface area contributed by atoms with Gasteiger partial charge in [-0.25, -0.2) is 0 Å². The number of hydrogen-bond acceptors (Lipinski definition) is 1. The molecule has 0 fully saturated rings. The number of carbonyl (C=O) groups excluding carboxylic acids is 1. The molecule has 1 N–H and O–H groups in total. The Kier molecular flexibility index (Phi) is 3.51. The van der Waals surface area contributed by atoms with Crippen molar-refractivity contribution in [1.82, 2.24) is 5.32 Å². The quantitative estimate of drug-likeness (QED) is 0.790. The predicted molar refractivity (Wildman–Crippen MR) is 62.5 cm³/mol.